The van der Waals surface area contributed by atoms with Gasteiger partial charge < -0.3 is 5.73 Å². The third-order valence-corrected chi connectivity index (χ3v) is 2.41. The molecule has 0 amide bonds. The molecule has 1 aliphatic heterocycles. The second-order valence-electron chi connectivity index (χ2n) is 3.43. The quantitative estimate of drug-likeness (QED) is 0.728. The number of hydrogen-bond acceptors (Lipinski definition) is 4. The Morgan fingerprint density at radius 1 is 1.38 bits per heavy atom. The zero-order chi connectivity index (χ0) is 11.7. The third-order valence-electron chi connectivity index (χ3n) is 2.41. The fourth-order valence-electron chi connectivity index (χ4n) is 1.86. The Bertz CT molecular complexity index is 553. The van der Waals surface area contributed by atoms with Crippen molar-refractivity contribution in [1.29, 1.82) is 0 Å². The number of rotatable bonds is 0. The van der Waals surface area contributed by atoms with Gasteiger partial charge in [-0.1, -0.05) is 13.8 Å². The van der Waals surface area contributed by atoms with Gasteiger partial charge in [0.2, 0.25) is 0 Å². The average molecular weight is 217 g/mol. The standard InChI is InChI=1S/C9H9N5.C2H6/c1-5-2-6-3-7(10)13-9-8(6)14(5)12-4-11-9;1-2/h2,4H,3H2,1H3,(H2,10,11,12,13);1-2H3. The van der Waals surface area contributed by atoms with Crippen molar-refractivity contribution in [3.8, 4) is 0 Å². The molecule has 2 N–H and O–H groups in total. The fraction of sp³-hybridized carbons (Fsp3) is 0.364. The smallest absolute Gasteiger partial charge is 0.181 e. The van der Waals surface area contributed by atoms with Crippen molar-refractivity contribution in [3.05, 3.63) is 23.7 Å². The van der Waals surface area contributed by atoms with Gasteiger partial charge >= 0.3 is 0 Å². The van der Waals surface area contributed by atoms with Gasteiger partial charge in [0.1, 0.15) is 17.7 Å². The van der Waals surface area contributed by atoms with E-state index in [-0.39, 0.29) is 0 Å². The molecular weight excluding hydrogens is 202 g/mol. The minimum absolute atomic E-state index is 0.615. The number of aliphatic imine (C=N–C) groups is 1. The first-order valence-corrected chi connectivity index (χ1v) is 5.41. The topological polar surface area (TPSA) is 68.6 Å². The lowest BCUT2D eigenvalue weighted by Crippen LogP contribution is -2.17. The van der Waals surface area contributed by atoms with Gasteiger partial charge in [-0.3, -0.25) is 0 Å². The molecule has 3 heterocycles. The van der Waals surface area contributed by atoms with Crippen LogP contribution in [0.3, 0.4) is 0 Å². The lowest BCUT2D eigenvalue weighted by Gasteiger charge is -2.08. The molecule has 0 aromatic carbocycles. The molecule has 1 aliphatic rings. The van der Waals surface area contributed by atoms with E-state index < -0.39 is 0 Å². The summed E-state index contributed by atoms with van der Waals surface area (Å²) in [5, 5.41) is 4.16. The number of aryl methyl sites for hydroxylation is 1. The van der Waals surface area contributed by atoms with Gasteiger partial charge in [-0.25, -0.2) is 14.5 Å². The second kappa shape index (κ2) is 3.92. The summed E-state index contributed by atoms with van der Waals surface area (Å²) in [6.45, 7) is 6.01. The molecule has 5 nitrogen and oxygen atoms in total. The average Bonchev–Trinajstić information content (AvgIpc) is 2.60. The Labute approximate surface area is 94.0 Å². The maximum absolute atomic E-state index is 5.71. The monoisotopic (exact) mass is 217 g/mol. The maximum Gasteiger partial charge on any atom is 0.181 e. The first-order chi connectivity index (χ1) is 7.75. The summed E-state index contributed by atoms with van der Waals surface area (Å²) in [6.07, 6.45) is 2.19. The molecule has 2 aromatic rings. The predicted molar refractivity (Wildman–Crippen MR) is 64.1 cm³/mol. The highest BCUT2D eigenvalue weighted by Crippen LogP contribution is 2.27. The molecule has 0 saturated carbocycles. The maximum atomic E-state index is 5.71. The molecule has 2 aromatic heterocycles. The Hall–Kier alpha value is -1.91. The Morgan fingerprint density at radius 3 is 2.88 bits per heavy atom. The highest BCUT2D eigenvalue weighted by molar-refractivity contribution is 5.93. The van der Waals surface area contributed by atoms with Crippen molar-refractivity contribution < 1.29 is 0 Å². The molecule has 16 heavy (non-hydrogen) atoms. The van der Waals surface area contributed by atoms with Crippen LogP contribution < -0.4 is 5.73 Å². The van der Waals surface area contributed by atoms with Crippen molar-refractivity contribution in [3.63, 3.8) is 0 Å². The molecule has 5 heteroatoms. The molecule has 0 saturated heterocycles. The lowest BCUT2D eigenvalue weighted by atomic mass is 10.1. The Kier molecular flexibility index (Phi) is 2.60. The van der Waals surface area contributed by atoms with E-state index in [4.69, 9.17) is 5.73 Å². The van der Waals surface area contributed by atoms with Crippen LogP contribution in [0.15, 0.2) is 17.4 Å². The Morgan fingerprint density at radius 2 is 2.12 bits per heavy atom. The van der Waals surface area contributed by atoms with E-state index in [2.05, 4.69) is 21.1 Å². The summed E-state index contributed by atoms with van der Waals surface area (Å²) in [6, 6.07) is 2.08. The second-order valence-corrected chi connectivity index (χ2v) is 3.43. The Balaban J connectivity index is 0.000000457. The molecular formula is C11H15N5. The highest BCUT2D eigenvalue weighted by Gasteiger charge is 2.17. The summed E-state index contributed by atoms with van der Waals surface area (Å²) >= 11 is 0. The largest absolute Gasteiger partial charge is 0.387 e. The van der Waals surface area contributed by atoms with E-state index in [9.17, 15) is 0 Å². The molecule has 84 valence electrons. The molecule has 0 unspecified atom stereocenters. The molecule has 0 atom stereocenters. The van der Waals surface area contributed by atoms with Gasteiger partial charge in [0.25, 0.3) is 0 Å². The fourth-order valence-corrected chi connectivity index (χ4v) is 1.86. The van der Waals surface area contributed by atoms with Crippen LogP contribution in [0.5, 0.6) is 0 Å². The van der Waals surface area contributed by atoms with E-state index in [0.717, 1.165) is 16.8 Å². The predicted octanol–water partition coefficient (Wildman–Crippen LogP) is 1.61. The van der Waals surface area contributed by atoms with Crippen LogP contribution in [-0.2, 0) is 6.42 Å². The van der Waals surface area contributed by atoms with Crippen LogP contribution in [0.25, 0.3) is 5.52 Å². The molecule has 0 aliphatic carbocycles. The number of amidine groups is 1. The number of nitrogens with zero attached hydrogens (tertiary/aromatic N) is 4. The van der Waals surface area contributed by atoms with Crippen LogP contribution in [0.4, 0.5) is 5.82 Å². The number of hydrogen-bond donors (Lipinski definition) is 1. The summed E-state index contributed by atoms with van der Waals surface area (Å²) in [5.74, 6) is 1.29. The summed E-state index contributed by atoms with van der Waals surface area (Å²) in [4.78, 5) is 8.30. The van der Waals surface area contributed by atoms with E-state index in [1.165, 1.54) is 6.33 Å². The SMILES string of the molecule is CC.Cc1cc2c3c(ncnn13)N=C(N)C2. The minimum atomic E-state index is 0.615. The minimum Gasteiger partial charge on any atom is -0.387 e. The van der Waals surface area contributed by atoms with E-state index >= 15 is 0 Å². The first-order valence-electron chi connectivity index (χ1n) is 5.41. The van der Waals surface area contributed by atoms with Crippen molar-refractivity contribution in [2.24, 2.45) is 10.7 Å². The van der Waals surface area contributed by atoms with Crippen LogP contribution in [0.1, 0.15) is 25.1 Å². The van der Waals surface area contributed by atoms with E-state index in [1.54, 1.807) is 0 Å². The van der Waals surface area contributed by atoms with Gasteiger partial charge in [-0.2, -0.15) is 5.10 Å². The van der Waals surface area contributed by atoms with E-state index in [1.807, 2.05) is 25.3 Å². The van der Waals surface area contributed by atoms with Crippen molar-refractivity contribution >= 4 is 17.2 Å². The molecule has 0 fully saturated rings. The van der Waals surface area contributed by atoms with Gasteiger partial charge in [-0.15, -0.1) is 0 Å². The molecule has 0 spiro atoms. The zero-order valence-corrected chi connectivity index (χ0v) is 9.73. The van der Waals surface area contributed by atoms with Gasteiger partial charge in [0, 0.05) is 12.1 Å². The summed E-state index contributed by atoms with van der Waals surface area (Å²) in [5.41, 5.74) is 8.94. The van der Waals surface area contributed by atoms with Gasteiger partial charge in [0.15, 0.2) is 5.82 Å². The van der Waals surface area contributed by atoms with E-state index in [0.29, 0.717) is 18.1 Å². The molecule has 0 bridgehead atoms. The first kappa shape index (κ1) is 10.6. The van der Waals surface area contributed by atoms with Gasteiger partial charge in [0.05, 0.1) is 0 Å². The third kappa shape index (κ3) is 1.44. The van der Waals surface area contributed by atoms with Crippen LogP contribution >= 0.6 is 0 Å². The lowest BCUT2D eigenvalue weighted by molar-refractivity contribution is 0.868. The van der Waals surface area contributed by atoms with Crippen LogP contribution in [0, 0.1) is 6.92 Å². The number of nitrogens with two attached hydrogens (primary N) is 1. The van der Waals surface area contributed by atoms with Crippen LogP contribution in [-0.4, -0.2) is 20.4 Å². The normalized spacial score (nSPS) is 13.1. The molecule has 0 radical (unpaired) electrons. The summed E-state index contributed by atoms with van der Waals surface area (Å²) < 4.78 is 1.85. The van der Waals surface area contributed by atoms with Crippen molar-refractivity contribution in [2.75, 3.05) is 0 Å². The summed E-state index contributed by atoms with van der Waals surface area (Å²) in [7, 11) is 0. The van der Waals surface area contributed by atoms with Crippen LogP contribution in [0.2, 0.25) is 0 Å². The number of aromatic nitrogens is 3. The highest BCUT2D eigenvalue weighted by atomic mass is 15.3. The van der Waals surface area contributed by atoms with Crippen molar-refractivity contribution in [1.82, 2.24) is 14.6 Å². The van der Waals surface area contributed by atoms with Crippen molar-refractivity contribution in [2.45, 2.75) is 27.2 Å². The zero-order valence-electron chi connectivity index (χ0n) is 9.73. The molecule has 3 rings (SSSR count). The van der Waals surface area contributed by atoms with Gasteiger partial charge in [-0.05, 0) is 18.6 Å².